The second-order valence-electron chi connectivity index (χ2n) is 7.39. The molecule has 6 heteroatoms. The first kappa shape index (κ1) is 17.6. The van der Waals surface area contributed by atoms with Gasteiger partial charge in [-0.3, -0.25) is 14.7 Å². The fraction of sp³-hybridized carbons (Fsp3) is 0.429. The molecule has 3 N–H and O–H groups in total. The van der Waals surface area contributed by atoms with E-state index in [1.165, 1.54) is 0 Å². The van der Waals surface area contributed by atoms with Crippen LogP contribution >= 0.6 is 0 Å². The van der Waals surface area contributed by atoms with Crippen LogP contribution in [0.3, 0.4) is 0 Å². The summed E-state index contributed by atoms with van der Waals surface area (Å²) in [5.41, 5.74) is 4.34. The maximum absolute atomic E-state index is 13.6. The summed E-state index contributed by atoms with van der Waals surface area (Å²) in [7, 11) is 1.87. The van der Waals surface area contributed by atoms with Crippen molar-refractivity contribution in [2.45, 2.75) is 51.1 Å². The van der Waals surface area contributed by atoms with Gasteiger partial charge in [-0.1, -0.05) is 18.2 Å². The summed E-state index contributed by atoms with van der Waals surface area (Å²) in [6.45, 7) is 1.96. The number of H-pyrrole nitrogens is 2. The molecule has 2 aromatic rings. The van der Waals surface area contributed by atoms with E-state index < -0.39 is 0 Å². The number of anilines is 1. The number of nitrogens with zero attached hydrogens (tertiary/aromatic N) is 1. The van der Waals surface area contributed by atoms with Crippen LogP contribution in [-0.2, 0) is 12.8 Å². The van der Waals surface area contributed by atoms with E-state index in [4.69, 9.17) is 0 Å². The molecule has 4 rings (SSSR count). The van der Waals surface area contributed by atoms with Crippen LogP contribution in [0.5, 0.6) is 0 Å². The average Bonchev–Trinajstić information content (AvgIpc) is 3.45. The number of aromatic nitrogens is 2. The predicted octanol–water partition coefficient (Wildman–Crippen LogP) is 2.94. The van der Waals surface area contributed by atoms with Crippen molar-refractivity contribution in [2.24, 2.45) is 0 Å². The summed E-state index contributed by atoms with van der Waals surface area (Å²) in [5, 5.41) is 8.84. The molecule has 0 bridgehead atoms. The summed E-state index contributed by atoms with van der Waals surface area (Å²) >= 11 is 0. The molecular formula is C21H26N4O2. The van der Waals surface area contributed by atoms with Gasteiger partial charge in [0.15, 0.2) is 0 Å². The lowest BCUT2D eigenvalue weighted by molar-refractivity contribution is 0.0642. The molecule has 1 unspecified atom stereocenters. The molecule has 1 saturated carbocycles. The van der Waals surface area contributed by atoms with Crippen LogP contribution in [0, 0.1) is 0 Å². The number of carbonyl (C=O) groups excluding carboxylic acids is 1. The molecule has 6 nitrogen and oxygen atoms in total. The van der Waals surface area contributed by atoms with Crippen LogP contribution in [0.15, 0.2) is 29.1 Å². The molecule has 142 valence electrons. The van der Waals surface area contributed by atoms with Crippen molar-refractivity contribution in [3.63, 3.8) is 0 Å². The van der Waals surface area contributed by atoms with Gasteiger partial charge in [-0.05, 0) is 44.7 Å². The normalized spacial score (nSPS) is 19.1. The lowest BCUT2D eigenvalue weighted by Crippen LogP contribution is -2.45. The molecule has 0 saturated heterocycles. The number of rotatable bonds is 5. The van der Waals surface area contributed by atoms with E-state index in [1.807, 2.05) is 44.3 Å². The van der Waals surface area contributed by atoms with E-state index in [2.05, 4.69) is 20.4 Å². The molecule has 1 heterocycles. The minimum absolute atomic E-state index is 0.0512. The molecule has 1 fully saturated rings. The first-order valence-corrected chi connectivity index (χ1v) is 9.68. The van der Waals surface area contributed by atoms with Crippen molar-refractivity contribution in [3.8, 4) is 0 Å². The number of aromatic amines is 2. The lowest BCUT2D eigenvalue weighted by atomic mass is 9.91. The molecule has 0 radical (unpaired) electrons. The first-order chi connectivity index (χ1) is 13.1. The summed E-state index contributed by atoms with van der Waals surface area (Å²) in [4.78, 5) is 27.7. The van der Waals surface area contributed by atoms with Crippen molar-refractivity contribution in [2.75, 3.05) is 12.4 Å². The van der Waals surface area contributed by atoms with E-state index in [0.29, 0.717) is 12.5 Å². The average molecular weight is 366 g/mol. The Morgan fingerprint density at radius 1 is 1.22 bits per heavy atom. The van der Waals surface area contributed by atoms with Crippen molar-refractivity contribution in [1.82, 2.24) is 15.1 Å². The number of nitrogens with one attached hydrogen (secondary N) is 3. The van der Waals surface area contributed by atoms with E-state index in [-0.39, 0.29) is 17.5 Å². The summed E-state index contributed by atoms with van der Waals surface area (Å²) in [6, 6.07) is 6.18. The highest BCUT2D eigenvalue weighted by atomic mass is 16.2. The van der Waals surface area contributed by atoms with Crippen molar-refractivity contribution >= 4 is 17.7 Å². The Kier molecular flexibility index (Phi) is 4.64. The number of aryl methyl sites for hydroxylation is 1. The van der Waals surface area contributed by atoms with Gasteiger partial charge in [-0.15, -0.1) is 0 Å². The Labute approximate surface area is 158 Å². The second-order valence-corrected chi connectivity index (χ2v) is 7.39. The van der Waals surface area contributed by atoms with Crippen LogP contribution < -0.4 is 10.9 Å². The maximum atomic E-state index is 13.6. The van der Waals surface area contributed by atoms with Gasteiger partial charge in [0, 0.05) is 53.6 Å². The number of benzene rings is 1. The smallest absolute Gasteiger partial charge is 0.267 e. The van der Waals surface area contributed by atoms with Crippen molar-refractivity contribution < 1.29 is 4.79 Å². The molecule has 1 aromatic heterocycles. The SMILES string of the molecule is C/C=C\c1c(NC)cccc1C(=O)N(C1CC1)C1CCc2[nH][nH]c(=O)c2C1. The number of hydrogen-bond acceptors (Lipinski definition) is 3. The highest BCUT2D eigenvalue weighted by molar-refractivity contribution is 6.00. The van der Waals surface area contributed by atoms with Crippen LogP contribution in [0.25, 0.3) is 6.08 Å². The van der Waals surface area contributed by atoms with Gasteiger partial charge in [0.25, 0.3) is 11.5 Å². The van der Waals surface area contributed by atoms with Gasteiger partial charge in [0.2, 0.25) is 0 Å². The molecule has 2 aliphatic carbocycles. The first-order valence-electron chi connectivity index (χ1n) is 9.68. The zero-order valence-electron chi connectivity index (χ0n) is 15.8. The van der Waals surface area contributed by atoms with Crippen molar-refractivity contribution in [3.05, 3.63) is 57.0 Å². The molecule has 1 aromatic carbocycles. The lowest BCUT2D eigenvalue weighted by Gasteiger charge is -2.34. The molecule has 0 spiro atoms. The number of carbonyl (C=O) groups is 1. The molecule has 1 atom stereocenters. The van der Waals surface area contributed by atoms with Crippen molar-refractivity contribution in [1.29, 1.82) is 0 Å². The van der Waals surface area contributed by atoms with Crippen LogP contribution in [0.2, 0.25) is 0 Å². The Morgan fingerprint density at radius 3 is 2.74 bits per heavy atom. The third-order valence-electron chi connectivity index (χ3n) is 5.64. The Morgan fingerprint density at radius 2 is 2.04 bits per heavy atom. The van der Waals surface area contributed by atoms with Gasteiger partial charge in [0.05, 0.1) is 0 Å². The Bertz CT molecular complexity index is 936. The summed E-state index contributed by atoms with van der Waals surface area (Å²) in [5.74, 6) is 0.0723. The van der Waals surface area contributed by atoms with E-state index in [1.54, 1.807) is 0 Å². The summed E-state index contributed by atoms with van der Waals surface area (Å²) in [6.07, 6.45) is 8.34. The second kappa shape index (κ2) is 7.10. The van der Waals surface area contributed by atoms with Crippen LogP contribution in [0.1, 0.15) is 53.4 Å². The fourth-order valence-electron chi connectivity index (χ4n) is 4.17. The minimum Gasteiger partial charge on any atom is -0.388 e. The maximum Gasteiger partial charge on any atom is 0.267 e. The zero-order valence-corrected chi connectivity index (χ0v) is 15.8. The topological polar surface area (TPSA) is 81.0 Å². The monoisotopic (exact) mass is 366 g/mol. The van der Waals surface area contributed by atoms with Gasteiger partial charge in [-0.25, -0.2) is 0 Å². The van der Waals surface area contributed by atoms with Crippen LogP contribution in [0.4, 0.5) is 5.69 Å². The largest absolute Gasteiger partial charge is 0.388 e. The fourth-order valence-corrected chi connectivity index (χ4v) is 4.17. The molecule has 2 aliphatic rings. The Hall–Kier alpha value is -2.76. The minimum atomic E-state index is -0.0512. The molecule has 1 amide bonds. The third-order valence-corrected chi connectivity index (χ3v) is 5.64. The van der Waals surface area contributed by atoms with E-state index in [9.17, 15) is 9.59 Å². The van der Waals surface area contributed by atoms with E-state index in [0.717, 1.165) is 53.8 Å². The Balaban J connectivity index is 1.69. The van der Waals surface area contributed by atoms with Gasteiger partial charge >= 0.3 is 0 Å². The van der Waals surface area contributed by atoms with Gasteiger partial charge in [0.1, 0.15) is 0 Å². The third kappa shape index (κ3) is 3.20. The standard InChI is InChI=1S/C21H26N4O2/c1-3-5-15-16(6-4-7-18(15)22-2)21(27)25(13-8-9-13)14-10-11-19-17(12-14)20(26)24-23-19/h3-7,13-14,22H,8-12H2,1-2H3,(H2,23,24,26)/b5-3-. The summed E-state index contributed by atoms with van der Waals surface area (Å²) < 4.78 is 0. The molecule has 27 heavy (non-hydrogen) atoms. The number of amides is 1. The van der Waals surface area contributed by atoms with Gasteiger partial charge < -0.3 is 15.3 Å². The number of allylic oxidation sites excluding steroid dienone is 1. The quantitative estimate of drug-likeness (QED) is 0.761. The highest BCUT2D eigenvalue weighted by Crippen LogP contribution is 2.35. The number of hydrogen-bond donors (Lipinski definition) is 3. The highest BCUT2D eigenvalue weighted by Gasteiger charge is 2.40. The molecule has 0 aliphatic heterocycles. The van der Waals surface area contributed by atoms with Crippen LogP contribution in [-0.4, -0.2) is 40.1 Å². The predicted molar refractivity (Wildman–Crippen MR) is 107 cm³/mol. The number of fused-ring (bicyclic) bond motifs is 1. The van der Waals surface area contributed by atoms with Gasteiger partial charge in [-0.2, -0.15) is 0 Å². The van der Waals surface area contributed by atoms with E-state index >= 15 is 0 Å². The molecular weight excluding hydrogens is 340 g/mol. The zero-order chi connectivity index (χ0) is 19.0.